The highest BCUT2D eigenvalue weighted by Gasteiger charge is 2.31. The van der Waals surface area contributed by atoms with Gasteiger partial charge in [-0.15, -0.1) is 0 Å². The SMILES string of the molecule is COP(=O)(O)OCCC(OP(=O)(O)OC)c1ccccc1[N+](=O)[O-]. The number of benzene rings is 1. The first kappa shape index (κ1) is 20.9. The molecule has 0 spiro atoms. The molecular weight excluding hydrogens is 368 g/mol. The van der Waals surface area contributed by atoms with Crippen molar-refractivity contribution in [1.82, 2.24) is 0 Å². The molecule has 0 radical (unpaired) electrons. The Morgan fingerprint density at radius 1 is 1.17 bits per heavy atom. The summed E-state index contributed by atoms with van der Waals surface area (Å²) in [6.45, 7) is -0.429. The lowest BCUT2D eigenvalue weighted by molar-refractivity contribution is -0.386. The predicted molar refractivity (Wildman–Crippen MR) is 81.2 cm³/mol. The van der Waals surface area contributed by atoms with E-state index in [4.69, 9.17) is 9.42 Å². The van der Waals surface area contributed by atoms with Crippen LogP contribution < -0.4 is 0 Å². The fraction of sp³-hybridized carbons (Fsp3) is 0.455. The van der Waals surface area contributed by atoms with Crippen molar-refractivity contribution >= 4 is 21.3 Å². The first-order valence-corrected chi connectivity index (χ1v) is 9.44. The number of phosphoric acid groups is 2. The number of para-hydroxylation sites is 1. The lowest BCUT2D eigenvalue weighted by Gasteiger charge is -2.20. The van der Waals surface area contributed by atoms with Crippen LogP contribution in [0, 0.1) is 10.1 Å². The van der Waals surface area contributed by atoms with E-state index in [2.05, 4.69) is 13.6 Å². The molecule has 0 fully saturated rings. The number of hydrogen-bond acceptors (Lipinski definition) is 8. The van der Waals surface area contributed by atoms with Crippen molar-refractivity contribution in [3.8, 4) is 0 Å². The number of nitrogens with zero attached hydrogens (tertiary/aromatic N) is 1. The molecule has 0 saturated carbocycles. The molecule has 0 aliphatic carbocycles. The zero-order valence-electron chi connectivity index (χ0n) is 12.8. The van der Waals surface area contributed by atoms with E-state index in [0.717, 1.165) is 14.2 Å². The van der Waals surface area contributed by atoms with Gasteiger partial charge in [0.05, 0.1) is 17.1 Å². The molecule has 3 atom stereocenters. The van der Waals surface area contributed by atoms with Crippen molar-refractivity contribution in [3.63, 3.8) is 0 Å². The molecule has 0 amide bonds. The minimum atomic E-state index is -4.47. The number of phosphoric ester groups is 2. The van der Waals surface area contributed by atoms with Crippen molar-refractivity contribution < 1.29 is 41.9 Å². The number of rotatable bonds is 10. The lowest BCUT2D eigenvalue weighted by atomic mass is 10.1. The molecule has 0 aromatic heterocycles. The maximum Gasteiger partial charge on any atom is 0.472 e. The minimum Gasteiger partial charge on any atom is -0.303 e. The van der Waals surface area contributed by atoms with Crippen LogP contribution in [-0.4, -0.2) is 35.5 Å². The van der Waals surface area contributed by atoms with Crippen LogP contribution in [0.3, 0.4) is 0 Å². The predicted octanol–water partition coefficient (Wildman–Crippen LogP) is 2.55. The molecule has 0 heterocycles. The van der Waals surface area contributed by atoms with Crippen molar-refractivity contribution in [1.29, 1.82) is 0 Å². The molecule has 11 nitrogen and oxygen atoms in total. The molecule has 0 bridgehead atoms. The summed E-state index contributed by atoms with van der Waals surface area (Å²) in [5.74, 6) is 0. The van der Waals surface area contributed by atoms with Crippen molar-refractivity contribution in [2.24, 2.45) is 0 Å². The molecule has 0 aliphatic rings. The van der Waals surface area contributed by atoms with E-state index in [1.165, 1.54) is 24.3 Å². The van der Waals surface area contributed by atoms with Gasteiger partial charge in [-0.2, -0.15) is 0 Å². The molecule has 2 N–H and O–H groups in total. The third-order valence-electron chi connectivity index (χ3n) is 2.84. The van der Waals surface area contributed by atoms with Gasteiger partial charge in [0, 0.05) is 26.7 Å². The Hall–Kier alpha value is -1.16. The molecule has 3 unspecified atom stereocenters. The normalized spacial score (nSPS) is 17.7. The maximum absolute atomic E-state index is 11.6. The van der Waals surface area contributed by atoms with Crippen LogP contribution in [0.4, 0.5) is 5.69 Å². The number of nitro groups is 1. The van der Waals surface area contributed by atoms with Crippen molar-refractivity contribution in [3.05, 3.63) is 39.9 Å². The van der Waals surface area contributed by atoms with E-state index >= 15 is 0 Å². The van der Waals surface area contributed by atoms with Crippen LogP contribution in [0.15, 0.2) is 24.3 Å². The Bertz CT molecular complexity index is 666. The standard InChI is InChI=1S/C11H17NO10P2/c1-19-23(15,16)21-8-7-11(22-24(17,18)20-2)9-5-3-4-6-10(9)12(13)14/h3-6,11H,7-8H2,1-2H3,(H,15,16)(H,17,18). The summed E-state index contributed by atoms with van der Waals surface area (Å²) in [5.41, 5.74) is -0.361. The summed E-state index contributed by atoms with van der Waals surface area (Å²) in [6, 6.07) is 5.40. The second-order valence-electron chi connectivity index (χ2n) is 4.33. The monoisotopic (exact) mass is 385 g/mol. The second kappa shape index (κ2) is 8.80. The average molecular weight is 385 g/mol. The van der Waals surface area contributed by atoms with E-state index in [1.807, 2.05) is 0 Å². The lowest BCUT2D eigenvalue weighted by Crippen LogP contribution is -2.10. The summed E-state index contributed by atoms with van der Waals surface area (Å²) >= 11 is 0. The molecule has 1 aromatic rings. The van der Waals surface area contributed by atoms with Gasteiger partial charge >= 0.3 is 15.6 Å². The second-order valence-corrected chi connectivity index (χ2v) is 7.41. The molecule has 1 rings (SSSR count). The van der Waals surface area contributed by atoms with Crippen LogP contribution >= 0.6 is 15.6 Å². The van der Waals surface area contributed by atoms with E-state index in [-0.39, 0.29) is 17.7 Å². The molecular formula is C11H17NO10P2. The van der Waals surface area contributed by atoms with E-state index in [0.29, 0.717) is 0 Å². The smallest absolute Gasteiger partial charge is 0.303 e. The minimum absolute atomic E-state index is 0.0115. The Kier molecular flexibility index (Phi) is 7.65. The highest BCUT2D eigenvalue weighted by Crippen LogP contribution is 2.50. The Balaban J connectivity index is 3.04. The van der Waals surface area contributed by atoms with Crippen LogP contribution in [0.5, 0.6) is 0 Å². The van der Waals surface area contributed by atoms with Gasteiger partial charge in [0.25, 0.3) is 5.69 Å². The third kappa shape index (κ3) is 6.39. The molecule has 136 valence electrons. The zero-order valence-corrected chi connectivity index (χ0v) is 14.6. The quantitative estimate of drug-likeness (QED) is 0.349. The highest BCUT2D eigenvalue weighted by molar-refractivity contribution is 7.47. The largest absolute Gasteiger partial charge is 0.472 e. The maximum atomic E-state index is 11.6. The summed E-state index contributed by atoms with van der Waals surface area (Å²) in [4.78, 5) is 29.0. The van der Waals surface area contributed by atoms with Gasteiger partial charge in [-0.3, -0.25) is 28.2 Å². The topological polar surface area (TPSA) is 155 Å². The first-order valence-electron chi connectivity index (χ1n) is 6.45. The van der Waals surface area contributed by atoms with Crippen molar-refractivity contribution in [2.45, 2.75) is 12.5 Å². The van der Waals surface area contributed by atoms with E-state index in [1.54, 1.807) is 0 Å². The molecule has 24 heavy (non-hydrogen) atoms. The summed E-state index contributed by atoms with van der Waals surface area (Å²) < 4.78 is 40.9. The van der Waals surface area contributed by atoms with Gasteiger partial charge in [-0.1, -0.05) is 12.1 Å². The van der Waals surface area contributed by atoms with Gasteiger partial charge < -0.3 is 9.79 Å². The van der Waals surface area contributed by atoms with E-state index in [9.17, 15) is 24.1 Å². The summed E-state index contributed by atoms with van der Waals surface area (Å²) in [7, 11) is -6.84. The van der Waals surface area contributed by atoms with Crippen LogP contribution in [0.2, 0.25) is 0 Å². The molecule has 1 aromatic carbocycles. The summed E-state index contributed by atoms with van der Waals surface area (Å²) in [5, 5.41) is 11.1. The van der Waals surface area contributed by atoms with Gasteiger partial charge in [0.1, 0.15) is 6.10 Å². The third-order valence-corrected chi connectivity index (χ3v) is 4.79. The number of nitro benzene ring substituents is 1. The zero-order chi connectivity index (χ0) is 18.4. The van der Waals surface area contributed by atoms with Crippen LogP contribution in [0.25, 0.3) is 0 Å². The highest BCUT2D eigenvalue weighted by atomic mass is 31.2. The van der Waals surface area contributed by atoms with Crippen LogP contribution in [-0.2, 0) is 27.2 Å². The first-order chi connectivity index (χ1) is 11.1. The fourth-order valence-electron chi connectivity index (χ4n) is 1.72. The summed E-state index contributed by atoms with van der Waals surface area (Å²) in [6.07, 6.45) is -1.54. The molecule has 0 saturated heterocycles. The van der Waals surface area contributed by atoms with Gasteiger partial charge in [0.2, 0.25) is 0 Å². The Labute approximate surface area is 137 Å². The number of hydrogen-bond donors (Lipinski definition) is 2. The van der Waals surface area contributed by atoms with Crippen molar-refractivity contribution in [2.75, 3.05) is 20.8 Å². The van der Waals surface area contributed by atoms with Gasteiger partial charge in [0.15, 0.2) is 0 Å². The van der Waals surface area contributed by atoms with Gasteiger partial charge in [-0.25, -0.2) is 9.13 Å². The Morgan fingerprint density at radius 2 is 1.75 bits per heavy atom. The van der Waals surface area contributed by atoms with Crippen LogP contribution in [0.1, 0.15) is 18.1 Å². The fourth-order valence-corrected chi connectivity index (χ4v) is 2.79. The molecule has 13 heteroatoms. The van der Waals surface area contributed by atoms with E-state index < -0.39 is 33.3 Å². The van der Waals surface area contributed by atoms with Gasteiger partial charge in [-0.05, 0) is 6.07 Å². The molecule has 0 aliphatic heterocycles. The Morgan fingerprint density at radius 3 is 2.29 bits per heavy atom. The average Bonchev–Trinajstić information content (AvgIpc) is 2.53.